The van der Waals surface area contributed by atoms with Crippen molar-refractivity contribution >= 4 is 29.0 Å². The molecule has 1 heterocycles. The van der Waals surface area contributed by atoms with E-state index in [1.807, 2.05) is 30.3 Å². The monoisotopic (exact) mass is 301 g/mol. The van der Waals surface area contributed by atoms with Crippen molar-refractivity contribution in [2.45, 2.75) is 6.04 Å². The number of aromatic nitrogens is 1. The van der Waals surface area contributed by atoms with Gasteiger partial charge >= 0.3 is 5.97 Å². The molecule has 0 saturated carbocycles. The van der Waals surface area contributed by atoms with Crippen molar-refractivity contribution in [3.63, 3.8) is 0 Å². The first kappa shape index (κ1) is 14.9. The van der Waals surface area contributed by atoms with Crippen LogP contribution in [-0.2, 0) is 9.53 Å². The zero-order valence-electron chi connectivity index (χ0n) is 11.4. The lowest BCUT2D eigenvalue weighted by atomic mass is 10.1. The highest BCUT2D eigenvalue weighted by molar-refractivity contribution is 7.80. The molecule has 0 bridgehead atoms. The molecule has 108 valence electrons. The number of rotatable bonds is 5. The van der Waals surface area contributed by atoms with E-state index in [2.05, 4.69) is 10.3 Å². The lowest BCUT2D eigenvalue weighted by molar-refractivity contribution is -0.141. The number of hydrogen-bond acceptors (Lipinski definition) is 5. The second-order valence-corrected chi connectivity index (χ2v) is 4.72. The SMILES string of the molecule is COC(=O)C(Nc1cccc(C(N)=S)n1)c1ccccc1. The fourth-order valence-electron chi connectivity index (χ4n) is 1.84. The maximum absolute atomic E-state index is 12.0. The summed E-state index contributed by atoms with van der Waals surface area (Å²) in [4.78, 5) is 16.4. The van der Waals surface area contributed by atoms with Gasteiger partial charge in [0.05, 0.1) is 12.8 Å². The lowest BCUT2D eigenvalue weighted by Gasteiger charge is -2.17. The Balaban J connectivity index is 2.29. The molecule has 0 spiro atoms. The van der Waals surface area contributed by atoms with E-state index >= 15 is 0 Å². The van der Waals surface area contributed by atoms with Crippen LogP contribution in [0.3, 0.4) is 0 Å². The molecule has 1 aromatic heterocycles. The molecule has 1 atom stereocenters. The van der Waals surface area contributed by atoms with Crippen LogP contribution in [0.1, 0.15) is 17.3 Å². The van der Waals surface area contributed by atoms with Gasteiger partial charge in [-0.25, -0.2) is 9.78 Å². The van der Waals surface area contributed by atoms with Gasteiger partial charge in [0.15, 0.2) is 6.04 Å². The van der Waals surface area contributed by atoms with Crippen LogP contribution in [-0.4, -0.2) is 23.1 Å². The maximum Gasteiger partial charge on any atom is 0.333 e. The Hall–Kier alpha value is -2.47. The van der Waals surface area contributed by atoms with Crippen LogP contribution < -0.4 is 11.1 Å². The van der Waals surface area contributed by atoms with Crippen LogP contribution in [0.2, 0.25) is 0 Å². The number of nitrogens with one attached hydrogen (secondary N) is 1. The van der Waals surface area contributed by atoms with E-state index in [0.29, 0.717) is 11.5 Å². The van der Waals surface area contributed by atoms with Crippen LogP contribution in [0.25, 0.3) is 0 Å². The second-order valence-electron chi connectivity index (χ2n) is 4.28. The Kier molecular flexibility index (Phi) is 4.84. The van der Waals surface area contributed by atoms with Gasteiger partial charge in [-0.2, -0.15) is 0 Å². The summed E-state index contributed by atoms with van der Waals surface area (Å²) in [5, 5.41) is 3.04. The highest BCUT2D eigenvalue weighted by atomic mass is 32.1. The van der Waals surface area contributed by atoms with Crippen LogP contribution in [0, 0.1) is 0 Å². The summed E-state index contributed by atoms with van der Waals surface area (Å²) in [6.45, 7) is 0. The first-order valence-electron chi connectivity index (χ1n) is 6.28. The normalized spacial score (nSPS) is 11.5. The van der Waals surface area contributed by atoms with E-state index in [4.69, 9.17) is 22.7 Å². The van der Waals surface area contributed by atoms with E-state index < -0.39 is 12.0 Å². The van der Waals surface area contributed by atoms with Crippen LogP contribution in [0.4, 0.5) is 5.82 Å². The number of ether oxygens (including phenoxy) is 1. The molecule has 21 heavy (non-hydrogen) atoms. The van der Waals surface area contributed by atoms with Gasteiger partial charge in [-0.3, -0.25) is 0 Å². The summed E-state index contributed by atoms with van der Waals surface area (Å²) in [6.07, 6.45) is 0. The van der Waals surface area contributed by atoms with Gasteiger partial charge < -0.3 is 15.8 Å². The number of pyridine rings is 1. The topological polar surface area (TPSA) is 77.2 Å². The predicted molar refractivity (Wildman–Crippen MR) is 84.9 cm³/mol. The van der Waals surface area contributed by atoms with Crippen LogP contribution >= 0.6 is 12.2 Å². The third-order valence-corrected chi connectivity index (χ3v) is 3.07. The first-order valence-corrected chi connectivity index (χ1v) is 6.69. The van der Waals surface area contributed by atoms with Gasteiger partial charge in [0.25, 0.3) is 0 Å². The molecule has 1 unspecified atom stereocenters. The first-order chi connectivity index (χ1) is 10.1. The fraction of sp³-hybridized carbons (Fsp3) is 0.133. The number of esters is 1. The largest absolute Gasteiger partial charge is 0.467 e. The van der Waals surface area contributed by atoms with Crippen molar-refractivity contribution in [2.75, 3.05) is 12.4 Å². The summed E-state index contributed by atoms with van der Waals surface area (Å²) < 4.78 is 4.84. The molecule has 0 aliphatic heterocycles. The summed E-state index contributed by atoms with van der Waals surface area (Å²) in [5.41, 5.74) is 6.84. The minimum absolute atomic E-state index is 0.202. The number of methoxy groups -OCH3 is 1. The smallest absolute Gasteiger partial charge is 0.333 e. The molecule has 6 heteroatoms. The fourth-order valence-corrected chi connectivity index (χ4v) is 1.96. The van der Waals surface area contributed by atoms with Crippen LogP contribution in [0.15, 0.2) is 48.5 Å². The summed E-state index contributed by atoms with van der Waals surface area (Å²) in [7, 11) is 1.35. The molecule has 2 rings (SSSR count). The maximum atomic E-state index is 12.0. The number of anilines is 1. The van der Waals surface area contributed by atoms with Crippen molar-refractivity contribution in [1.82, 2.24) is 4.98 Å². The molecule has 1 aromatic carbocycles. The number of nitrogens with zero attached hydrogens (tertiary/aromatic N) is 1. The Morgan fingerprint density at radius 1 is 1.24 bits per heavy atom. The Morgan fingerprint density at radius 2 is 1.95 bits per heavy atom. The average molecular weight is 301 g/mol. The van der Waals surface area contributed by atoms with Gasteiger partial charge in [0, 0.05) is 0 Å². The Morgan fingerprint density at radius 3 is 2.57 bits per heavy atom. The average Bonchev–Trinajstić information content (AvgIpc) is 2.53. The molecule has 2 aromatic rings. The molecule has 0 amide bonds. The molecule has 0 aliphatic carbocycles. The van der Waals surface area contributed by atoms with E-state index in [0.717, 1.165) is 5.56 Å². The Labute approximate surface area is 128 Å². The lowest BCUT2D eigenvalue weighted by Crippen LogP contribution is -2.23. The van der Waals surface area contributed by atoms with Gasteiger partial charge in [-0.05, 0) is 17.7 Å². The molecule has 0 radical (unpaired) electrons. The van der Waals surface area contributed by atoms with Gasteiger partial charge in [-0.15, -0.1) is 0 Å². The molecular weight excluding hydrogens is 286 g/mol. The molecule has 0 aliphatic rings. The van der Waals surface area contributed by atoms with Crippen molar-refractivity contribution in [3.8, 4) is 0 Å². The van der Waals surface area contributed by atoms with E-state index in [-0.39, 0.29) is 4.99 Å². The number of thiocarbonyl (C=S) groups is 1. The summed E-state index contributed by atoms with van der Waals surface area (Å²) in [5.74, 6) is 0.100. The summed E-state index contributed by atoms with van der Waals surface area (Å²) in [6, 6.07) is 13.8. The standard InChI is InChI=1S/C15H15N3O2S/c1-20-15(19)13(10-6-3-2-4-7-10)18-12-9-5-8-11(17-12)14(16)21/h2-9,13H,1H3,(H2,16,21)(H,17,18). The molecule has 3 N–H and O–H groups in total. The number of nitrogens with two attached hydrogens (primary N) is 1. The minimum atomic E-state index is -0.648. The zero-order valence-corrected chi connectivity index (χ0v) is 12.3. The number of hydrogen-bond donors (Lipinski definition) is 2. The third-order valence-electron chi connectivity index (χ3n) is 2.86. The quantitative estimate of drug-likeness (QED) is 0.650. The predicted octanol–water partition coefficient (Wildman–Crippen LogP) is 2.04. The highest BCUT2D eigenvalue weighted by Crippen LogP contribution is 2.19. The van der Waals surface area contributed by atoms with E-state index in [1.165, 1.54) is 7.11 Å². The van der Waals surface area contributed by atoms with Crippen molar-refractivity contribution in [1.29, 1.82) is 0 Å². The molecule has 5 nitrogen and oxygen atoms in total. The van der Waals surface area contributed by atoms with Crippen molar-refractivity contribution in [2.24, 2.45) is 5.73 Å². The van der Waals surface area contributed by atoms with E-state index in [9.17, 15) is 4.79 Å². The molecule has 0 saturated heterocycles. The van der Waals surface area contributed by atoms with Gasteiger partial charge in [0.2, 0.25) is 0 Å². The zero-order chi connectivity index (χ0) is 15.2. The number of carbonyl (C=O) groups is 1. The van der Waals surface area contributed by atoms with Crippen molar-refractivity contribution in [3.05, 3.63) is 59.8 Å². The van der Waals surface area contributed by atoms with Gasteiger partial charge in [-0.1, -0.05) is 48.6 Å². The van der Waals surface area contributed by atoms with Gasteiger partial charge in [0.1, 0.15) is 10.8 Å². The van der Waals surface area contributed by atoms with Crippen molar-refractivity contribution < 1.29 is 9.53 Å². The second kappa shape index (κ2) is 6.81. The third kappa shape index (κ3) is 3.76. The highest BCUT2D eigenvalue weighted by Gasteiger charge is 2.21. The van der Waals surface area contributed by atoms with Crippen LogP contribution in [0.5, 0.6) is 0 Å². The number of carbonyl (C=O) groups excluding carboxylic acids is 1. The minimum Gasteiger partial charge on any atom is -0.467 e. The van der Waals surface area contributed by atoms with E-state index in [1.54, 1.807) is 18.2 Å². The summed E-state index contributed by atoms with van der Waals surface area (Å²) >= 11 is 4.90. The number of benzene rings is 1. The molecular formula is C15H15N3O2S. The molecule has 0 fully saturated rings. The Bertz CT molecular complexity index is 646.